The highest BCUT2D eigenvalue weighted by Gasteiger charge is 2.38. The molecular weight excluding hydrogens is 298 g/mol. The predicted octanol–water partition coefficient (Wildman–Crippen LogP) is 2.63. The summed E-state index contributed by atoms with van der Waals surface area (Å²) in [6.07, 6.45) is 2.56. The van der Waals surface area contributed by atoms with Gasteiger partial charge in [-0.3, -0.25) is 4.79 Å². The van der Waals surface area contributed by atoms with Gasteiger partial charge in [-0.15, -0.1) is 0 Å². The van der Waals surface area contributed by atoms with Crippen LogP contribution in [0.25, 0.3) is 0 Å². The summed E-state index contributed by atoms with van der Waals surface area (Å²) in [5, 5.41) is 0. The van der Waals surface area contributed by atoms with Gasteiger partial charge >= 0.3 is 0 Å². The number of halogens is 2. The highest BCUT2D eigenvalue weighted by Crippen LogP contribution is 2.39. The van der Waals surface area contributed by atoms with E-state index in [1.54, 1.807) is 0 Å². The number of carbonyl (C=O) groups is 1. The van der Waals surface area contributed by atoms with Crippen LogP contribution in [-0.4, -0.2) is 23.4 Å². The highest BCUT2D eigenvalue weighted by molar-refractivity contribution is 9.14. The van der Waals surface area contributed by atoms with E-state index in [4.69, 9.17) is 0 Å². The molecule has 1 saturated carbocycles. The van der Waals surface area contributed by atoms with Crippen LogP contribution in [0, 0.1) is 5.92 Å². The first-order chi connectivity index (χ1) is 6.11. The van der Waals surface area contributed by atoms with Crippen LogP contribution >= 0.6 is 31.9 Å². The van der Waals surface area contributed by atoms with Gasteiger partial charge in [0.2, 0.25) is 0 Å². The van der Waals surface area contributed by atoms with Crippen LogP contribution < -0.4 is 0 Å². The molecule has 2 nitrogen and oxygen atoms in total. The van der Waals surface area contributed by atoms with E-state index >= 15 is 0 Å². The minimum Gasteiger partial charge on any atom is -0.330 e. The monoisotopic (exact) mass is 307 g/mol. The zero-order chi connectivity index (χ0) is 9.59. The van der Waals surface area contributed by atoms with E-state index in [9.17, 15) is 4.79 Å². The van der Waals surface area contributed by atoms with Gasteiger partial charge in [-0.25, -0.2) is 0 Å². The zero-order valence-corrected chi connectivity index (χ0v) is 10.6. The first-order valence-electron chi connectivity index (χ1n) is 4.46. The van der Waals surface area contributed by atoms with Crippen LogP contribution in [-0.2, 0) is 4.79 Å². The molecule has 1 fully saturated rings. The van der Waals surface area contributed by atoms with Crippen molar-refractivity contribution in [3.05, 3.63) is 8.96 Å². The summed E-state index contributed by atoms with van der Waals surface area (Å²) in [5.74, 6) is 0.869. The van der Waals surface area contributed by atoms with Crippen molar-refractivity contribution < 1.29 is 4.79 Å². The number of hydrogen-bond donors (Lipinski definition) is 0. The minimum atomic E-state index is 0.131. The van der Waals surface area contributed by atoms with E-state index in [0.29, 0.717) is 10.5 Å². The Kier molecular flexibility index (Phi) is 2.53. The van der Waals surface area contributed by atoms with Crippen LogP contribution in [0.1, 0.15) is 19.8 Å². The lowest BCUT2D eigenvalue weighted by Crippen LogP contribution is -2.36. The van der Waals surface area contributed by atoms with E-state index in [1.807, 2.05) is 4.90 Å². The van der Waals surface area contributed by atoms with Crippen molar-refractivity contribution >= 4 is 37.8 Å². The number of hydrogen-bond acceptors (Lipinski definition) is 1. The van der Waals surface area contributed by atoms with E-state index in [0.717, 1.165) is 16.9 Å². The molecule has 13 heavy (non-hydrogen) atoms. The summed E-state index contributed by atoms with van der Waals surface area (Å²) in [4.78, 5) is 13.6. The Morgan fingerprint density at radius 1 is 1.46 bits per heavy atom. The summed E-state index contributed by atoms with van der Waals surface area (Å²) in [5.41, 5.74) is 0. The molecule has 1 amide bonds. The van der Waals surface area contributed by atoms with E-state index < -0.39 is 0 Å². The maximum Gasteiger partial charge on any atom is 0.262 e. The maximum atomic E-state index is 11.7. The van der Waals surface area contributed by atoms with Crippen LogP contribution in [0.4, 0.5) is 0 Å². The van der Waals surface area contributed by atoms with Gasteiger partial charge in [0.05, 0.1) is 11.0 Å². The molecule has 0 aromatic carbocycles. The van der Waals surface area contributed by atoms with Crippen LogP contribution in [0.5, 0.6) is 0 Å². The Morgan fingerprint density at radius 3 is 2.46 bits per heavy atom. The molecule has 2 rings (SSSR count). The lowest BCUT2D eigenvalue weighted by Gasteiger charge is -2.24. The second-order valence-electron chi connectivity index (χ2n) is 3.73. The van der Waals surface area contributed by atoms with Gasteiger partial charge in [-0.2, -0.15) is 0 Å². The molecule has 0 saturated heterocycles. The minimum absolute atomic E-state index is 0.131. The second-order valence-corrected chi connectivity index (χ2v) is 5.48. The van der Waals surface area contributed by atoms with Gasteiger partial charge in [0.25, 0.3) is 5.91 Å². The van der Waals surface area contributed by atoms with Crippen molar-refractivity contribution in [2.24, 2.45) is 5.92 Å². The average molecular weight is 309 g/mol. The molecule has 0 N–H and O–H groups in total. The number of nitrogens with zero attached hydrogens (tertiary/aromatic N) is 1. The normalized spacial score (nSPS) is 25.8. The summed E-state index contributed by atoms with van der Waals surface area (Å²) in [6.45, 7) is 2.87. The Balaban J connectivity index is 2.08. The van der Waals surface area contributed by atoms with Gasteiger partial charge < -0.3 is 4.90 Å². The molecule has 0 aromatic heterocycles. The molecule has 0 aromatic rings. The molecule has 0 spiro atoms. The molecule has 1 atom stereocenters. The first-order valence-corrected chi connectivity index (χ1v) is 6.05. The van der Waals surface area contributed by atoms with Crippen LogP contribution in [0.15, 0.2) is 8.96 Å². The van der Waals surface area contributed by atoms with Gasteiger partial charge in [0.1, 0.15) is 0 Å². The average Bonchev–Trinajstić information content (AvgIpc) is 2.89. The van der Waals surface area contributed by atoms with E-state index in [1.165, 1.54) is 12.8 Å². The molecule has 1 heterocycles. The Bertz CT molecular complexity index is 283. The largest absolute Gasteiger partial charge is 0.330 e. The molecule has 0 radical (unpaired) electrons. The van der Waals surface area contributed by atoms with Gasteiger partial charge in [0.15, 0.2) is 0 Å². The van der Waals surface area contributed by atoms with Crippen molar-refractivity contribution in [2.75, 3.05) is 6.54 Å². The molecular formula is C9H11Br2NO. The molecule has 2 aliphatic rings. The summed E-state index contributed by atoms with van der Waals surface area (Å²) in [7, 11) is 0. The SMILES string of the molecule is C[C@@H](C1CC1)N1CC(Br)=C(Br)C1=O. The first kappa shape index (κ1) is 9.71. The third-order valence-electron chi connectivity index (χ3n) is 2.79. The fourth-order valence-corrected chi connectivity index (χ4v) is 2.49. The summed E-state index contributed by atoms with van der Waals surface area (Å²) in [6, 6.07) is 0.398. The van der Waals surface area contributed by atoms with Gasteiger partial charge in [-0.1, -0.05) is 15.9 Å². The topological polar surface area (TPSA) is 20.3 Å². The van der Waals surface area contributed by atoms with Gasteiger partial charge in [0, 0.05) is 10.5 Å². The lowest BCUT2D eigenvalue weighted by molar-refractivity contribution is -0.126. The number of carbonyl (C=O) groups excluding carboxylic acids is 1. The van der Waals surface area contributed by atoms with Crippen molar-refractivity contribution in [1.29, 1.82) is 0 Å². The highest BCUT2D eigenvalue weighted by atomic mass is 79.9. The van der Waals surface area contributed by atoms with Crippen molar-refractivity contribution in [1.82, 2.24) is 4.90 Å². The van der Waals surface area contributed by atoms with Crippen molar-refractivity contribution in [2.45, 2.75) is 25.8 Å². The maximum absolute atomic E-state index is 11.7. The van der Waals surface area contributed by atoms with E-state index in [-0.39, 0.29) is 5.91 Å². The molecule has 1 aliphatic carbocycles. The van der Waals surface area contributed by atoms with Crippen molar-refractivity contribution in [3.63, 3.8) is 0 Å². The molecule has 1 aliphatic heterocycles. The Hall–Kier alpha value is 0.170. The van der Waals surface area contributed by atoms with Crippen molar-refractivity contribution in [3.8, 4) is 0 Å². The molecule has 0 unspecified atom stereocenters. The quantitative estimate of drug-likeness (QED) is 0.768. The van der Waals surface area contributed by atoms with Crippen LogP contribution in [0.3, 0.4) is 0 Å². The zero-order valence-electron chi connectivity index (χ0n) is 7.39. The predicted molar refractivity (Wildman–Crippen MR) is 58.8 cm³/mol. The number of amides is 1. The second kappa shape index (κ2) is 3.39. The fraction of sp³-hybridized carbons (Fsp3) is 0.667. The standard InChI is InChI=1S/C9H11Br2NO/c1-5(6-2-3-6)12-4-7(10)8(11)9(12)13/h5-6H,2-4H2,1H3/t5-/m0/s1. The Labute approximate surface area is 94.6 Å². The molecule has 72 valence electrons. The Morgan fingerprint density at radius 2 is 2.08 bits per heavy atom. The summed E-state index contributed by atoms with van der Waals surface area (Å²) < 4.78 is 1.67. The third kappa shape index (κ3) is 1.71. The lowest BCUT2D eigenvalue weighted by atomic mass is 10.2. The third-order valence-corrected chi connectivity index (χ3v) is 4.79. The molecule has 4 heteroatoms. The van der Waals surface area contributed by atoms with Crippen LogP contribution in [0.2, 0.25) is 0 Å². The van der Waals surface area contributed by atoms with Gasteiger partial charge in [-0.05, 0) is 41.6 Å². The smallest absolute Gasteiger partial charge is 0.262 e. The number of rotatable bonds is 2. The summed E-state index contributed by atoms with van der Waals surface area (Å²) >= 11 is 6.68. The molecule has 0 bridgehead atoms. The fourth-order valence-electron chi connectivity index (χ4n) is 1.69. The van der Waals surface area contributed by atoms with E-state index in [2.05, 4.69) is 38.8 Å².